The molecule has 0 radical (unpaired) electrons. The molecule has 0 saturated carbocycles. The van der Waals surface area contributed by atoms with Gasteiger partial charge in [0.15, 0.2) is 0 Å². The molecule has 1 saturated heterocycles. The van der Waals surface area contributed by atoms with Gasteiger partial charge >= 0.3 is 5.97 Å². The molecular weight excluding hydrogens is 504 g/mol. The summed E-state index contributed by atoms with van der Waals surface area (Å²) in [7, 11) is -2.66. The lowest BCUT2D eigenvalue weighted by atomic mass is 9.92. The van der Waals surface area contributed by atoms with Crippen LogP contribution in [0.4, 0.5) is 0 Å². The van der Waals surface area contributed by atoms with E-state index in [1.807, 2.05) is 18.2 Å². The van der Waals surface area contributed by atoms with Gasteiger partial charge in [-0.15, -0.1) is 0 Å². The summed E-state index contributed by atoms with van der Waals surface area (Å²) in [6, 6.07) is 30.0. The standard InChI is InChI=1S/C33H42O5Si/c1-31(2,3)39(26-18-12-8-13-19-26,27-20-14-9-15-21-27)36-24-29-33(6,38-29)23-22-28(32(4,5)35)37-30(34)25-16-10-7-11-17-25/h7-21,28-29,35H,22-24H2,1-6H3/t28?,29-,33-/m1/s1. The van der Waals surface area contributed by atoms with E-state index in [0.29, 0.717) is 25.0 Å². The average molecular weight is 547 g/mol. The van der Waals surface area contributed by atoms with Crippen molar-refractivity contribution >= 4 is 24.7 Å². The normalized spacial score (nSPS) is 20.3. The van der Waals surface area contributed by atoms with Gasteiger partial charge in [-0.1, -0.05) is 99.6 Å². The van der Waals surface area contributed by atoms with Crippen molar-refractivity contribution in [3.8, 4) is 0 Å². The Bertz CT molecular complexity index is 1180. The third-order valence-corrected chi connectivity index (χ3v) is 12.9. The lowest BCUT2D eigenvalue weighted by Gasteiger charge is -2.43. The second-order valence-corrected chi connectivity index (χ2v) is 16.7. The maximum Gasteiger partial charge on any atom is 0.338 e. The zero-order chi connectivity index (χ0) is 28.3. The fourth-order valence-electron chi connectivity index (χ4n) is 5.43. The van der Waals surface area contributed by atoms with Gasteiger partial charge < -0.3 is 19.0 Å². The van der Waals surface area contributed by atoms with E-state index in [4.69, 9.17) is 13.9 Å². The number of hydrogen-bond acceptors (Lipinski definition) is 5. The maximum atomic E-state index is 12.7. The van der Waals surface area contributed by atoms with E-state index < -0.39 is 31.6 Å². The van der Waals surface area contributed by atoms with Crippen LogP contribution in [0.5, 0.6) is 0 Å². The topological polar surface area (TPSA) is 68.3 Å². The van der Waals surface area contributed by atoms with Gasteiger partial charge in [-0.2, -0.15) is 0 Å². The van der Waals surface area contributed by atoms with E-state index in [1.54, 1.807) is 38.1 Å². The number of aliphatic hydroxyl groups is 1. The van der Waals surface area contributed by atoms with Crippen molar-refractivity contribution in [1.82, 2.24) is 0 Å². The van der Waals surface area contributed by atoms with Gasteiger partial charge in [0.1, 0.15) is 12.2 Å². The average Bonchev–Trinajstić information content (AvgIpc) is 3.56. The Labute approximate surface area is 234 Å². The Morgan fingerprint density at radius 3 is 1.85 bits per heavy atom. The Hall–Kier alpha value is -2.77. The smallest absolute Gasteiger partial charge is 0.338 e. The second kappa shape index (κ2) is 11.4. The van der Waals surface area contributed by atoms with Gasteiger partial charge in [0.05, 0.1) is 23.4 Å². The van der Waals surface area contributed by atoms with Crippen LogP contribution in [0.25, 0.3) is 0 Å². The van der Waals surface area contributed by atoms with Gasteiger partial charge in [-0.25, -0.2) is 4.79 Å². The molecule has 0 amide bonds. The summed E-state index contributed by atoms with van der Waals surface area (Å²) in [6.07, 6.45) is 0.378. The summed E-state index contributed by atoms with van der Waals surface area (Å²) in [6.45, 7) is 12.7. The van der Waals surface area contributed by atoms with E-state index >= 15 is 0 Å². The minimum absolute atomic E-state index is 0.0774. The van der Waals surface area contributed by atoms with E-state index in [-0.39, 0.29) is 11.1 Å². The van der Waals surface area contributed by atoms with Crippen LogP contribution in [0.15, 0.2) is 91.0 Å². The number of epoxide rings is 1. The van der Waals surface area contributed by atoms with Crippen LogP contribution < -0.4 is 10.4 Å². The highest BCUT2D eigenvalue weighted by atomic mass is 28.4. The summed E-state index contributed by atoms with van der Waals surface area (Å²) in [4.78, 5) is 12.7. The van der Waals surface area contributed by atoms with Gasteiger partial charge in [0, 0.05) is 0 Å². The van der Waals surface area contributed by atoms with E-state index in [0.717, 1.165) is 0 Å². The number of ether oxygens (including phenoxy) is 2. The quantitative estimate of drug-likeness (QED) is 0.196. The first kappa shape index (κ1) is 29.2. The van der Waals surface area contributed by atoms with Crippen molar-refractivity contribution in [2.75, 3.05) is 6.61 Å². The molecule has 1 aliphatic rings. The van der Waals surface area contributed by atoms with Gasteiger partial charge in [0.2, 0.25) is 0 Å². The molecule has 1 N–H and O–H groups in total. The number of carbonyl (C=O) groups is 1. The molecule has 0 aromatic heterocycles. The third kappa shape index (κ3) is 6.52. The second-order valence-electron chi connectivity index (χ2n) is 12.3. The molecule has 0 spiro atoms. The number of benzene rings is 3. The number of esters is 1. The van der Waals surface area contributed by atoms with Gasteiger partial charge in [0.25, 0.3) is 8.32 Å². The summed E-state index contributed by atoms with van der Waals surface area (Å²) >= 11 is 0. The molecule has 6 heteroatoms. The molecule has 5 nitrogen and oxygen atoms in total. The molecule has 3 aromatic rings. The molecule has 1 fully saturated rings. The molecule has 39 heavy (non-hydrogen) atoms. The molecule has 208 valence electrons. The molecular formula is C33H42O5Si. The highest BCUT2D eigenvalue weighted by Gasteiger charge is 2.56. The summed E-state index contributed by atoms with van der Waals surface area (Å²) in [5, 5.41) is 13.1. The molecule has 1 unspecified atom stereocenters. The minimum Gasteiger partial charge on any atom is -0.456 e. The Morgan fingerprint density at radius 2 is 1.38 bits per heavy atom. The lowest BCUT2D eigenvalue weighted by molar-refractivity contribution is -0.0694. The number of rotatable bonds is 11. The van der Waals surface area contributed by atoms with Crippen molar-refractivity contribution in [1.29, 1.82) is 0 Å². The predicted octanol–water partition coefficient (Wildman–Crippen LogP) is 5.50. The maximum absolute atomic E-state index is 12.7. The van der Waals surface area contributed by atoms with Crippen molar-refractivity contribution in [3.05, 3.63) is 96.6 Å². The van der Waals surface area contributed by atoms with Crippen LogP contribution in [-0.2, 0) is 13.9 Å². The van der Waals surface area contributed by atoms with Crippen LogP contribution in [-0.4, -0.2) is 49.4 Å². The Balaban J connectivity index is 1.47. The van der Waals surface area contributed by atoms with Crippen LogP contribution >= 0.6 is 0 Å². The summed E-state index contributed by atoms with van der Waals surface area (Å²) in [5.74, 6) is -0.434. The van der Waals surface area contributed by atoms with Crippen molar-refractivity contribution < 1.29 is 23.8 Å². The molecule has 0 bridgehead atoms. The number of hydrogen-bond donors (Lipinski definition) is 1. The van der Waals surface area contributed by atoms with Crippen LogP contribution in [0, 0.1) is 0 Å². The highest BCUT2D eigenvalue weighted by Crippen LogP contribution is 2.44. The molecule has 3 atom stereocenters. The highest BCUT2D eigenvalue weighted by molar-refractivity contribution is 6.99. The van der Waals surface area contributed by atoms with E-state index in [2.05, 4.69) is 76.2 Å². The van der Waals surface area contributed by atoms with Crippen molar-refractivity contribution in [3.63, 3.8) is 0 Å². The molecule has 4 rings (SSSR count). The first-order valence-corrected chi connectivity index (χ1v) is 15.7. The SMILES string of the molecule is CC(C)(O)C(CC[C@@]1(C)O[C@@H]1CO[Si](c1ccccc1)(c1ccccc1)C(C)(C)C)OC(=O)c1ccccc1. The largest absolute Gasteiger partial charge is 0.456 e. The van der Waals surface area contributed by atoms with Crippen molar-refractivity contribution in [2.24, 2.45) is 0 Å². The van der Waals surface area contributed by atoms with E-state index in [9.17, 15) is 9.90 Å². The Morgan fingerprint density at radius 1 is 0.897 bits per heavy atom. The third-order valence-electron chi connectivity index (χ3n) is 7.85. The molecule has 1 aliphatic heterocycles. The summed E-state index contributed by atoms with van der Waals surface area (Å²) < 4.78 is 19.0. The predicted molar refractivity (Wildman–Crippen MR) is 158 cm³/mol. The molecule has 1 heterocycles. The van der Waals surface area contributed by atoms with Gasteiger partial charge in [-0.05, 0) is 61.2 Å². The van der Waals surface area contributed by atoms with Gasteiger partial charge in [-0.3, -0.25) is 0 Å². The zero-order valence-corrected chi connectivity index (χ0v) is 25.0. The lowest BCUT2D eigenvalue weighted by Crippen LogP contribution is -2.67. The molecule has 0 aliphatic carbocycles. The number of carbonyl (C=O) groups excluding carboxylic acids is 1. The minimum atomic E-state index is -2.66. The summed E-state index contributed by atoms with van der Waals surface area (Å²) in [5.41, 5.74) is -1.12. The first-order chi connectivity index (χ1) is 18.4. The molecule has 3 aromatic carbocycles. The van der Waals surface area contributed by atoms with E-state index in [1.165, 1.54) is 10.4 Å². The monoisotopic (exact) mass is 546 g/mol. The van der Waals surface area contributed by atoms with Crippen LogP contribution in [0.1, 0.15) is 64.7 Å². The first-order valence-electron chi connectivity index (χ1n) is 13.8. The fraction of sp³-hybridized carbons (Fsp3) is 0.424. The van der Waals surface area contributed by atoms with Crippen LogP contribution in [0.3, 0.4) is 0 Å². The Kier molecular flexibility index (Phi) is 8.52. The zero-order valence-electron chi connectivity index (χ0n) is 24.0. The fourth-order valence-corrected chi connectivity index (χ4v) is 9.99. The van der Waals surface area contributed by atoms with Crippen molar-refractivity contribution in [2.45, 2.75) is 82.8 Å². The van der Waals surface area contributed by atoms with Crippen LogP contribution in [0.2, 0.25) is 5.04 Å².